The molecule has 0 unspecified atom stereocenters. The number of nitrogens with one attached hydrogen (secondary N) is 1. The van der Waals surface area contributed by atoms with Crippen LogP contribution in [0.2, 0.25) is 0 Å². The SMILES string of the molecule is COc1ccc2nc(NC(=O)c3csc(C4CCN(C(=O)N5CCN(c6ccccn6)CC5)CC4)n3)sc2c1. The lowest BCUT2D eigenvalue weighted by Crippen LogP contribution is -2.54. The second-order valence-corrected chi connectivity index (χ2v) is 11.5. The van der Waals surface area contributed by atoms with Crippen molar-refractivity contribution in [3.05, 3.63) is 58.7 Å². The van der Waals surface area contributed by atoms with Crippen LogP contribution in [0.5, 0.6) is 5.75 Å². The van der Waals surface area contributed by atoms with Crippen molar-refractivity contribution in [3.63, 3.8) is 0 Å². The van der Waals surface area contributed by atoms with Gasteiger partial charge in [0.05, 0.1) is 22.3 Å². The average Bonchev–Trinajstić information content (AvgIpc) is 3.64. The molecule has 0 bridgehead atoms. The van der Waals surface area contributed by atoms with Gasteiger partial charge < -0.3 is 19.4 Å². The third kappa shape index (κ3) is 5.52. The molecule has 39 heavy (non-hydrogen) atoms. The van der Waals surface area contributed by atoms with Gasteiger partial charge in [0.15, 0.2) is 5.13 Å². The Morgan fingerprint density at radius 3 is 2.54 bits per heavy atom. The van der Waals surface area contributed by atoms with Crippen LogP contribution in [0.15, 0.2) is 48.0 Å². The second kappa shape index (κ2) is 11.1. The van der Waals surface area contributed by atoms with Crippen LogP contribution in [0.4, 0.5) is 15.7 Å². The lowest BCUT2D eigenvalue weighted by molar-refractivity contribution is 0.102. The highest BCUT2D eigenvalue weighted by molar-refractivity contribution is 7.22. The summed E-state index contributed by atoms with van der Waals surface area (Å²) in [6, 6.07) is 11.7. The van der Waals surface area contributed by atoms with Gasteiger partial charge in [-0.1, -0.05) is 17.4 Å². The summed E-state index contributed by atoms with van der Waals surface area (Å²) in [6.45, 7) is 4.36. The quantitative estimate of drug-likeness (QED) is 0.381. The second-order valence-electron chi connectivity index (χ2n) is 9.58. The van der Waals surface area contributed by atoms with Crippen LogP contribution in [-0.4, -0.2) is 83.1 Å². The number of benzene rings is 1. The Morgan fingerprint density at radius 1 is 1.00 bits per heavy atom. The Kier molecular flexibility index (Phi) is 7.29. The van der Waals surface area contributed by atoms with Gasteiger partial charge in [-0.15, -0.1) is 11.3 Å². The van der Waals surface area contributed by atoms with E-state index in [4.69, 9.17) is 4.74 Å². The zero-order valence-corrected chi connectivity index (χ0v) is 23.2. The summed E-state index contributed by atoms with van der Waals surface area (Å²) in [4.78, 5) is 45.7. The minimum atomic E-state index is -0.263. The molecule has 0 radical (unpaired) electrons. The lowest BCUT2D eigenvalue weighted by atomic mass is 9.98. The van der Waals surface area contributed by atoms with Crippen molar-refractivity contribution >= 4 is 55.8 Å². The van der Waals surface area contributed by atoms with Crippen molar-refractivity contribution in [3.8, 4) is 5.75 Å². The first-order valence-corrected chi connectivity index (χ1v) is 14.7. The van der Waals surface area contributed by atoms with E-state index in [2.05, 4.69) is 25.2 Å². The predicted octanol–water partition coefficient (Wildman–Crippen LogP) is 4.53. The van der Waals surface area contributed by atoms with Crippen molar-refractivity contribution in [2.24, 2.45) is 0 Å². The molecule has 2 aliphatic heterocycles. The molecular formula is C27H29N7O3S2. The number of pyridine rings is 1. The molecule has 2 saturated heterocycles. The van der Waals surface area contributed by atoms with Crippen LogP contribution in [0.1, 0.15) is 34.3 Å². The zero-order valence-electron chi connectivity index (χ0n) is 21.6. The summed E-state index contributed by atoms with van der Waals surface area (Å²) in [6.07, 6.45) is 3.48. The number of hydrogen-bond donors (Lipinski definition) is 1. The lowest BCUT2D eigenvalue weighted by Gasteiger charge is -2.39. The number of piperidine rings is 1. The number of anilines is 2. The number of nitrogens with zero attached hydrogens (tertiary/aromatic N) is 6. The molecule has 3 amide bonds. The Labute approximate surface area is 234 Å². The minimum Gasteiger partial charge on any atom is -0.497 e. The van der Waals surface area contributed by atoms with Crippen LogP contribution >= 0.6 is 22.7 Å². The molecule has 202 valence electrons. The highest BCUT2D eigenvalue weighted by Crippen LogP contribution is 2.32. The molecular weight excluding hydrogens is 534 g/mol. The first-order chi connectivity index (χ1) is 19.1. The maximum atomic E-state index is 13.1. The first kappa shape index (κ1) is 25.5. The Hall–Kier alpha value is -3.77. The van der Waals surface area contributed by atoms with Crippen LogP contribution in [-0.2, 0) is 0 Å². The molecule has 2 fully saturated rings. The van der Waals surface area contributed by atoms with Gasteiger partial charge in [0.25, 0.3) is 5.91 Å². The van der Waals surface area contributed by atoms with E-state index in [1.807, 2.05) is 46.2 Å². The van der Waals surface area contributed by atoms with Crippen LogP contribution in [0.25, 0.3) is 10.2 Å². The van der Waals surface area contributed by atoms with E-state index in [1.165, 1.54) is 22.7 Å². The van der Waals surface area contributed by atoms with E-state index >= 15 is 0 Å². The summed E-state index contributed by atoms with van der Waals surface area (Å²) < 4.78 is 6.21. The fourth-order valence-electron chi connectivity index (χ4n) is 5.01. The third-order valence-electron chi connectivity index (χ3n) is 7.21. The monoisotopic (exact) mass is 563 g/mol. The van der Waals surface area contributed by atoms with Gasteiger partial charge in [0, 0.05) is 56.8 Å². The highest BCUT2D eigenvalue weighted by Gasteiger charge is 2.30. The highest BCUT2D eigenvalue weighted by atomic mass is 32.1. The van der Waals surface area contributed by atoms with Crippen LogP contribution in [0.3, 0.4) is 0 Å². The summed E-state index contributed by atoms with van der Waals surface area (Å²) in [5.41, 5.74) is 1.21. The van der Waals surface area contributed by atoms with Gasteiger partial charge >= 0.3 is 6.03 Å². The van der Waals surface area contributed by atoms with Gasteiger partial charge in [-0.05, 0) is 43.2 Å². The molecule has 0 spiro atoms. The molecule has 0 saturated carbocycles. The van der Waals surface area contributed by atoms with E-state index in [0.29, 0.717) is 37.0 Å². The number of hydrogen-bond acceptors (Lipinski definition) is 9. The predicted molar refractivity (Wildman–Crippen MR) is 153 cm³/mol. The van der Waals surface area contributed by atoms with Gasteiger partial charge in [-0.25, -0.2) is 19.7 Å². The fraction of sp³-hybridized carbons (Fsp3) is 0.370. The number of fused-ring (bicyclic) bond motifs is 1. The van der Waals surface area contributed by atoms with Crippen LogP contribution < -0.4 is 15.0 Å². The van der Waals surface area contributed by atoms with Crippen LogP contribution in [0, 0.1) is 0 Å². The van der Waals surface area contributed by atoms with Gasteiger partial charge in [0.2, 0.25) is 0 Å². The smallest absolute Gasteiger partial charge is 0.320 e. The molecule has 2 aliphatic rings. The maximum Gasteiger partial charge on any atom is 0.320 e. The molecule has 4 aromatic rings. The molecule has 10 nitrogen and oxygen atoms in total. The Balaban J connectivity index is 1.00. The maximum absolute atomic E-state index is 13.1. The number of carbonyl (C=O) groups excluding carboxylic acids is 2. The molecule has 1 aromatic carbocycles. The van der Waals surface area contributed by atoms with E-state index in [1.54, 1.807) is 18.7 Å². The number of piperazine rings is 1. The van der Waals surface area contributed by atoms with Crippen molar-refractivity contribution in [2.75, 3.05) is 56.6 Å². The number of methoxy groups -OCH3 is 1. The number of urea groups is 1. The largest absolute Gasteiger partial charge is 0.497 e. The normalized spacial score (nSPS) is 16.5. The number of rotatable bonds is 5. The number of thiazole rings is 2. The zero-order chi connectivity index (χ0) is 26.8. The van der Waals surface area contributed by atoms with E-state index in [-0.39, 0.29) is 17.9 Å². The molecule has 6 rings (SSSR count). The third-order valence-corrected chi connectivity index (χ3v) is 9.15. The number of ether oxygens (including phenoxy) is 1. The standard InChI is InChI=1S/C27H29N7O3S2/c1-37-19-5-6-20-22(16-19)39-26(30-20)31-24(35)21-17-38-25(29-21)18-7-10-33(11-8-18)27(36)34-14-12-32(13-15-34)23-4-2-3-9-28-23/h2-6,9,16-18H,7-8,10-15H2,1H3,(H,30,31,35). The van der Waals surface area contributed by atoms with Crippen molar-refractivity contribution in [1.29, 1.82) is 0 Å². The van der Waals surface area contributed by atoms with Gasteiger partial charge in [0.1, 0.15) is 17.3 Å². The number of aromatic nitrogens is 3. The summed E-state index contributed by atoms with van der Waals surface area (Å²) in [7, 11) is 1.62. The van der Waals surface area contributed by atoms with Gasteiger partial charge in [-0.3, -0.25) is 10.1 Å². The van der Waals surface area contributed by atoms with Gasteiger partial charge in [-0.2, -0.15) is 0 Å². The van der Waals surface area contributed by atoms with E-state index in [0.717, 1.165) is 52.7 Å². The number of amides is 3. The molecule has 5 heterocycles. The van der Waals surface area contributed by atoms with E-state index in [9.17, 15) is 9.59 Å². The van der Waals surface area contributed by atoms with Crippen molar-refractivity contribution in [1.82, 2.24) is 24.8 Å². The Bertz CT molecular complexity index is 1460. The van der Waals surface area contributed by atoms with Crippen molar-refractivity contribution in [2.45, 2.75) is 18.8 Å². The molecule has 12 heteroatoms. The number of carbonyl (C=O) groups is 2. The van der Waals surface area contributed by atoms with E-state index < -0.39 is 0 Å². The fourth-order valence-corrected chi connectivity index (χ4v) is 6.87. The molecule has 3 aromatic heterocycles. The molecule has 0 aliphatic carbocycles. The van der Waals surface area contributed by atoms with Crippen molar-refractivity contribution < 1.29 is 14.3 Å². The Morgan fingerprint density at radius 2 is 1.79 bits per heavy atom. The topological polar surface area (TPSA) is 104 Å². The molecule has 0 atom stereocenters. The summed E-state index contributed by atoms with van der Waals surface area (Å²) >= 11 is 2.91. The molecule has 1 N–H and O–H groups in total. The first-order valence-electron chi connectivity index (χ1n) is 13.0. The summed E-state index contributed by atoms with van der Waals surface area (Å²) in [5.74, 6) is 1.70. The summed E-state index contributed by atoms with van der Waals surface area (Å²) in [5, 5.41) is 6.17. The minimum absolute atomic E-state index is 0.113. The average molecular weight is 564 g/mol. The number of likely N-dealkylation sites (tertiary alicyclic amines) is 1.